The predicted molar refractivity (Wildman–Crippen MR) is 118 cm³/mol. The van der Waals surface area contributed by atoms with Crippen LogP contribution < -0.4 is 4.74 Å². The molecule has 0 saturated carbocycles. The van der Waals surface area contributed by atoms with Crippen LogP contribution in [0.4, 0.5) is 0 Å². The highest BCUT2D eigenvalue weighted by molar-refractivity contribution is 6.00. The number of carbonyl (C=O) groups excluding carboxylic acids is 1. The van der Waals surface area contributed by atoms with Gasteiger partial charge in [0.05, 0.1) is 12.6 Å². The number of amides is 1. The molecule has 0 radical (unpaired) electrons. The smallest absolute Gasteiger partial charge is 0.257 e. The van der Waals surface area contributed by atoms with E-state index in [1.807, 2.05) is 67.6 Å². The van der Waals surface area contributed by atoms with Crippen molar-refractivity contribution in [1.82, 2.24) is 4.90 Å². The number of hydrogen-bond acceptors (Lipinski definition) is 4. The van der Waals surface area contributed by atoms with Gasteiger partial charge in [0.15, 0.2) is 5.72 Å². The number of nitrogens with zero attached hydrogens (tertiary/aromatic N) is 1. The third-order valence-electron chi connectivity index (χ3n) is 5.80. The summed E-state index contributed by atoms with van der Waals surface area (Å²) in [7, 11) is 0. The Bertz CT molecular complexity index is 1030. The first-order valence-electron chi connectivity index (χ1n) is 10.6. The van der Waals surface area contributed by atoms with E-state index in [0.717, 1.165) is 11.1 Å². The first-order chi connectivity index (χ1) is 15.1. The molecule has 0 bridgehead atoms. The molecule has 1 unspecified atom stereocenters. The Morgan fingerprint density at radius 2 is 1.65 bits per heavy atom. The van der Waals surface area contributed by atoms with E-state index in [0.29, 0.717) is 36.3 Å². The van der Waals surface area contributed by atoms with Crippen LogP contribution in [0.5, 0.6) is 5.75 Å². The summed E-state index contributed by atoms with van der Waals surface area (Å²) in [5.41, 5.74) is 1.45. The topological polar surface area (TPSA) is 70.0 Å². The molecule has 3 aromatic rings. The number of hydrogen-bond donors (Lipinski definition) is 2. The number of aliphatic hydroxyl groups excluding tert-OH is 1. The molecule has 160 valence electrons. The van der Waals surface area contributed by atoms with Crippen molar-refractivity contribution in [1.29, 1.82) is 0 Å². The molecule has 0 spiro atoms. The van der Waals surface area contributed by atoms with E-state index < -0.39 is 11.8 Å². The van der Waals surface area contributed by atoms with E-state index in [2.05, 4.69) is 0 Å². The van der Waals surface area contributed by atoms with Crippen LogP contribution >= 0.6 is 0 Å². The molecule has 3 aromatic carbocycles. The molecule has 4 rings (SSSR count). The minimum absolute atomic E-state index is 0.269. The first-order valence-corrected chi connectivity index (χ1v) is 10.6. The number of rotatable bonds is 8. The van der Waals surface area contributed by atoms with Crippen molar-refractivity contribution in [2.75, 3.05) is 6.61 Å². The highest BCUT2D eigenvalue weighted by Crippen LogP contribution is 2.45. The van der Waals surface area contributed by atoms with Crippen molar-refractivity contribution in [2.45, 2.75) is 38.1 Å². The number of fused-ring (bicyclic) bond motifs is 1. The summed E-state index contributed by atoms with van der Waals surface area (Å²) >= 11 is 0. The van der Waals surface area contributed by atoms with Crippen LogP contribution in [0.3, 0.4) is 0 Å². The van der Waals surface area contributed by atoms with Gasteiger partial charge in [0.1, 0.15) is 12.4 Å². The van der Waals surface area contributed by atoms with E-state index >= 15 is 0 Å². The monoisotopic (exact) mass is 417 g/mol. The highest BCUT2D eigenvalue weighted by Gasteiger charge is 2.50. The van der Waals surface area contributed by atoms with E-state index in [9.17, 15) is 15.0 Å². The molecule has 1 heterocycles. The lowest BCUT2D eigenvalue weighted by Gasteiger charge is -2.39. The minimum Gasteiger partial charge on any atom is -0.489 e. The maximum absolute atomic E-state index is 13.2. The Morgan fingerprint density at radius 1 is 0.968 bits per heavy atom. The quantitative estimate of drug-likeness (QED) is 0.570. The van der Waals surface area contributed by atoms with Crippen LogP contribution in [0.15, 0.2) is 78.9 Å². The molecular formula is C26H27NO4. The fourth-order valence-electron chi connectivity index (χ4n) is 4.31. The Labute approximate surface area is 182 Å². The highest BCUT2D eigenvalue weighted by atomic mass is 16.5. The Morgan fingerprint density at radius 3 is 2.32 bits per heavy atom. The second-order valence-electron chi connectivity index (χ2n) is 7.83. The summed E-state index contributed by atoms with van der Waals surface area (Å²) in [6, 6.07) is 23.7. The summed E-state index contributed by atoms with van der Waals surface area (Å²) in [6.07, 6.45) is 1.09. The fourth-order valence-corrected chi connectivity index (χ4v) is 4.31. The third-order valence-corrected chi connectivity index (χ3v) is 5.80. The van der Waals surface area contributed by atoms with Gasteiger partial charge in [-0.1, -0.05) is 74.0 Å². The average Bonchev–Trinajstić information content (AvgIpc) is 3.02. The van der Waals surface area contributed by atoms with Crippen molar-refractivity contribution in [3.05, 3.63) is 101 Å². The van der Waals surface area contributed by atoms with Gasteiger partial charge >= 0.3 is 0 Å². The lowest BCUT2D eigenvalue weighted by Crippen LogP contribution is -2.47. The largest absolute Gasteiger partial charge is 0.489 e. The van der Waals surface area contributed by atoms with Gasteiger partial charge < -0.3 is 14.9 Å². The number of carbonyl (C=O) groups is 1. The Hall–Kier alpha value is -3.15. The molecule has 0 aliphatic carbocycles. The van der Waals surface area contributed by atoms with Gasteiger partial charge in [-0.2, -0.15) is 0 Å². The number of benzene rings is 3. The summed E-state index contributed by atoms with van der Waals surface area (Å²) in [4.78, 5) is 14.6. The van der Waals surface area contributed by atoms with E-state index in [4.69, 9.17) is 4.74 Å². The van der Waals surface area contributed by atoms with E-state index in [1.54, 1.807) is 18.2 Å². The van der Waals surface area contributed by atoms with Crippen LogP contribution in [0, 0.1) is 0 Å². The van der Waals surface area contributed by atoms with Crippen molar-refractivity contribution in [3.8, 4) is 5.75 Å². The second-order valence-corrected chi connectivity index (χ2v) is 7.83. The van der Waals surface area contributed by atoms with Gasteiger partial charge in [0.25, 0.3) is 5.91 Å². The Balaban J connectivity index is 1.58. The van der Waals surface area contributed by atoms with Crippen LogP contribution in [-0.2, 0) is 12.3 Å². The normalized spacial score (nSPS) is 18.7. The minimum atomic E-state index is -1.45. The number of ether oxygens (including phenoxy) is 1. The lowest BCUT2D eigenvalue weighted by molar-refractivity contribution is -0.116. The maximum atomic E-state index is 13.2. The summed E-state index contributed by atoms with van der Waals surface area (Å²) in [6.45, 7) is 2.13. The molecule has 1 amide bonds. The van der Waals surface area contributed by atoms with Gasteiger partial charge in [0, 0.05) is 11.1 Å². The van der Waals surface area contributed by atoms with Crippen LogP contribution in [0.25, 0.3) is 0 Å². The number of aliphatic hydroxyl groups is 2. The van der Waals surface area contributed by atoms with Crippen LogP contribution in [0.1, 0.15) is 52.9 Å². The molecule has 2 atom stereocenters. The molecule has 5 nitrogen and oxygen atoms in total. The second kappa shape index (κ2) is 8.92. The standard InChI is InChI=1S/C26H27NO4/c1-2-16-26(30)23-11-7-6-10-22(23)25(29)27(26)24(17-28)20-12-14-21(15-13-20)31-18-19-8-4-3-5-9-19/h3-15,24,28,30H,2,16-18H2,1H3/t24-,26?/m0/s1. The zero-order chi connectivity index (χ0) is 21.8. The van der Waals surface area contributed by atoms with Crippen LogP contribution in [-0.4, -0.2) is 27.6 Å². The predicted octanol–water partition coefficient (Wildman–Crippen LogP) is 4.40. The van der Waals surface area contributed by atoms with Crippen molar-refractivity contribution in [3.63, 3.8) is 0 Å². The van der Waals surface area contributed by atoms with Crippen molar-refractivity contribution >= 4 is 5.91 Å². The van der Waals surface area contributed by atoms with Crippen molar-refractivity contribution < 1.29 is 19.7 Å². The lowest BCUT2D eigenvalue weighted by atomic mass is 9.95. The molecule has 0 saturated heterocycles. The zero-order valence-corrected chi connectivity index (χ0v) is 17.6. The van der Waals surface area contributed by atoms with Crippen LogP contribution in [0.2, 0.25) is 0 Å². The third kappa shape index (κ3) is 3.94. The van der Waals surface area contributed by atoms with Crippen molar-refractivity contribution in [2.24, 2.45) is 0 Å². The summed E-state index contributed by atoms with van der Waals surface area (Å²) in [5, 5.41) is 21.8. The molecule has 5 heteroatoms. The molecule has 1 aliphatic rings. The van der Waals surface area contributed by atoms with Gasteiger partial charge in [0.2, 0.25) is 0 Å². The molecular weight excluding hydrogens is 390 g/mol. The summed E-state index contributed by atoms with van der Waals surface area (Å²) < 4.78 is 5.84. The summed E-state index contributed by atoms with van der Waals surface area (Å²) in [5.74, 6) is 0.430. The first kappa shape index (κ1) is 21.1. The zero-order valence-electron chi connectivity index (χ0n) is 17.6. The van der Waals surface area contributed by atoms with Gasteiger partial charge in [-0.25, -0.2) is 0 Å². The molecule has 0 aromatic heterocycles. The van der Waals surface area contributed by atoms with E-state index in [-0.39, 0.29) is 12.5 Å². The molecule has 31 heavy (non-hydrogen) atoms. The fraction of sp³-hybridized carbons (Fsp3) is 0.269. The van der Waals surface area contributed by atoms with Gasteiger partial charge in [-0.05, 0) is 35.7 Å². The van der Waals surface area contributed by atoms with Gasteiger partial charge in [-0.15, -0.1) is 0 Å². The van der Waals surface area contributed by atoms with E-state index in [1.165, 1.54) is 4.90 Å². The Kier molecular flexibility index (Phi) is 6.07. The average molecular weight is 418 g/mol. The SMILES string of the molecule is CCCC1(O)c2ccccc2C(=O)N1[C@@H](CO)c1ccc(OCc2ccccc2)cc1. The molecule has 1 aliphatic heterocycles. The molecule has 2 N–H and O–H groups in total. The van der Waals surface area contributed by atoms with Gasteiger partial charge in [-0.3, -0.25) is 9.69 Å². The molecule has 0 fully saturated rings. The maximum Gasteiger partial charge on any atom is 0.257 e.